The molecule has 1 heterocycles. The highest BCUT2D eigenvalue weighted by Crippen LogP contribution is 2.32. The average molecular weight is 441 g/mol. The van der Waals surface area contributed by atoms with E-state index in [1.54, 1.807) is 47.4 Å². The maximum absolute atomic E-state index is 13.2. The first kappa shape index (κ1) is 21.9. The summed E-state index contributed by atoms with van der Waals surface area (Å²) in [7, 11) is 0. The highest BCUT2D eigenvalue weighted by Gasteiger charge is 2.29. The van der Waals surface area contributed by atoms with Crippen LogP contribution in [0.3, 0.4) is 0 Å². The Bertz CT molecular complexity index is 1150. The summed E-state index contributed by atoms with van der Waals surface area (Å²) in [4.78, 5) is 26.0. The Morgan fingerprint density at radius 2 is 1.53 bits per heavy atom. The van der Waals surface area contributed by atoms with Crippen LogP contribution in [0.15, 0.2) is 60.7 Å². The van der Waals surface area contributed by atoms with Crippen LogP contribution in [-0.4, -0.2) is 41.1 Å². The number of hydrogen-bond acceptors (Lipinski definition) is 2. The molecule has 1 amide bonds. The van der Waals surface area contributed by atoms with Crippen LogP contribution < -0.4 is 0 Å². The molecule has 0 bridgehead atoms. The topological polar surface area (TPSA) is 57.6 Å². The van der Waals surface area contributed by atoms with Gasteiger partial charge >= 0.3 is 12.1 Å². The van der Waals surface area contributed by atoms with Crippen LogP contribution in [0.5, 0.6) is 0 Å². The van der Waals surface area contributed by atoms with Crippen LogP contribution in [0.1, 0.15) is 50.6 Å². The van der Waals surface area contributed by atoms with E-state index >= 15 is 0 Å². The second-order valence-electron chi connectivity index (χ2n) is 8.10. The van der Waals surface area contributed by atoms with Gasteiger partial charge in [-0.15, -0.1) is 0 Å². The lowest BCUT2D eigenvalue weighted by Crippen LogP contribution is -2.38. The molecule has 0 aromatic heterocycles. The molecule has 0 spiro atoms. The largest absolute Gasteiger partial charge is 0.478 e. The smallest absolute Gasteiger partial charge is 0.393 e. The standard InChI is InChI=1S/C25H22F3NO3/c26-25(27,28)15-19-3-1-5-21-20(19)4-2-6-22(21)23(30)29-13-11-17(12-14-29)16-7-9-18(10-8-16)24(31)32/h1-10,17H,11-15H2,(H,31,32). The molecule has 1 aliphatic heterocycles. The molecule has 4 rings (SSSR count). The van der Waals surface area contributed by atoms with E-state index in [9.17, 15) is 22.8 Å². The number of carboxylic acid groups (broad SMARTS) is 1. The Hall–Kier alpha value is -3.35. The van der Waals surface area contributed by atoms with Crippen molar-refractivity contribution < 1.29 is 27.9 Å². The maximum Gasteiger partial charge on any atom is 0.393 e. The molecule has 4 nitrogen and oxygen atoms in total. The lowest BCUT2D eigenvalue weighted by molar-refractivity contribution is -0.127. The maximum atomic E-state index is 13.2. The SMILES string of the molecule is O=C(O)c1ccc(C2CCN(C(=O)c3cccc4c(CC(F)(F)F)cccc34)CC2)cc1. The molecule has 0 saturated carbocycles. The Labute approximate surface area is 183 Å². The summed E-state index contributed by atoms with van der Waals surface area (Å²) in [6.45, 7) is 1.06. The third-order valence-electron chi connectivity index (χ3n) is 6.04. The third-order valence-corrected chi connectivity index (χ3v) is 6.04. The first-order valence-corrected chi connectivity index (χ1v) is 10.4. The molecular formula is C25H22F3NO3. The first-order valence-electron chi connectivity index (χ1n) is 10.4. The van der Waals surface area contributed by atoms with Gasteiger partial charge < -0.3 is 10.0 Å². The van der Waals surface area contributed by atoms with Crippen LogP contribution in [0.4, 0.5) is 13.2 Å². The number of hydrogen-bond donors (Lipinski definition) is 1. The van der Waals surface area contributed by atoms with Crippen LogP contribution >= 0.6 is 0 Å². The summed E-state index contributed by atoms with van der Waals surface area (Å²) in [5.74, 6) is -0.919. The second-order valence-corrected chi connectivity index (χ2v) is 8.10. The zero-order chi connectivity index (χ0) is 22.9. The van der Waals surface area contributed by atoms with E-state index in [0.717, 1.165) is 18.4 Å². The van der Waals surface area contributed by atoms with Gasteiger partial charge in [0.1, 0.15) is 0 Å². The fraction of sp³-hybridized carbons (Fsp3) is 0.280. The summed E-state index contributed by atoms with van der Waals surface area (Å²) in [6.07, 6.45) is -3.88. The summed E-state index contributed by atoms with van der Waals surface area (Å²) < 4.78 is 38.9. The van der Waals surface area contributed by atoms with Crippen molar-refractivity contribution in [2.75, 3.05) is 13.1 Å². The minimum Gasteiger partial charge on any atom is -0.478 e. The molecule has 1 fully saturated rings. The Morgan fingerprint density at radius 3 is 2.16 bits per heavy atom. The van der Waals surface area contributed by atoms with Gasteiger partial charge in [-0.2, -0.15) is 13.2 Å². The van der Waals surface area contributed by atoms with E-state index in [-0.39, 0.29) is 23.0 Å². The van der Waals surface area contributed by atoms with Gasteiger partial charge in [-0.1, -0.05) is 42.5 Å². The number of nitrogens with zero attached hydrogens (tertiary/aromatic N) is 1. The van der Waals surface area contributed by atoms with E-state index in [4.69, 9.17) is 5.11 Å². The molecule has 0 unspecified atom stereocenters. The minimum atomic E-state index is -4.32. The molecule has 1 saturated heterocycles. The monoisotopic (exact) mass is 441 g/mol. The lowest BCUT2D eigenvalue weighted by Gasteiger charge is -2.32. The number of rotatable bonds is 4. The lowest BCUT2D eigenvalue weighted by atomic mass is 9.88. The van der Waals surface area contributed by atoms with E-state index in [1.807, 2.05) is 12.1 Å². The summed E-state index contributed by atoms with van der Waals surface area (Å²) in [6, 6.07) is 16.4. The fourth-order valence-electron chi connectivity index (χ4n) is 4.42. The molecule has 0 atom stereocenters. The van der Waals surface area contributed by atoms with Crippen molar-refractivity contribution in [1.82, 2.24) is 4.90 Å². The Morgan fingerprint density at radius 1 is 0.906 bits per heavy atom. The summed E-state index contributed by atoms with van der Waals surface area (Å²) in [5, 5.41) is 10.0. The van der Waals surface area contributed by atoms with Gasteiger partial charge in [-0.25, -0.2) is 4.79 Å². The highest BCUT2D eigenvalue weighted by atomic mass is 19.4. The zero-order valence-corrected chi connectivity index (χ0v) is 17.2. The predicted molar refractivity (Wildman–Crippen MR) is 115 cm³/mol. The number of carbonyl (C=O) groups excluding carboxylic acids is 1. The van der Waals surface area contributed by atoms with E-state index < -0.39 is 18.6 Å². The highest BCUT2D eigenvalue weighted by molar-refractivity contribution is 6.07. The van der Waals surface area contributed by atoms with Crippen molar-refractivity contribution in [3.05, 3.63) is 82.9 Å². The first-order chi connectivity index (χ1) is 15.2. The molecule has 32 heavy (non-hydrogen) atoms. The van der Waals surface area contributed by atoms with Crippen molar-refractivity contribution in [1.29, 1.82) is 0 Å². The molecule has 3 aromatic rings. The number of likely N-dealkylation sites (tertiary alicyclic amines) is 1. The van der Waals surface area contributed by atoms with Gasteiger partial charge in [-0.05, 0) is 58.9 Å². The molecule has 0 aliphatic carbocycles. The normalized spacial score (nSPS) is 15.2. The van der Waals surface area contributed by atoms with Crippen molar-refractivity contribution in [3.63, 3.8) is 0 Å². The fourth-order valence-corrected chi connectivity index (χ4v) is 4.42. The van der Waals surface area contributed by atoms with Crippen LogP contribution in [0.25, 0.3) is 10.8 Å². The molecule has 0 radical (unpaired) electrons. The molecule has 1 aliphatic rings. The molecule has 7 heteroatoms. The van der Waals surface area contributed by atoms with Crippen molar-refractivity contribution in [2.24, 2.45) is 0 Å². The van der Waals surface area contributed by atoms with Gasteiger partial charge in [0.05, 0.1) is 12.0 Å². The molecule has 3 aromatic carbocycles. The number of amides is 1. The number of carboxylic acids is 1. The zero-order valence-electron chi connectivity index (χ0n) is 17.2. The second kappa shape index (κ2) is 8.65. The average Bonchev–Trinajstić information content (AvgIpc) is 2.78. The van der Waals surface area contributed by atoms with Gasteiger partial charge in [0.15, 0.2) is 0 Å². The van der Waals surface area contributed by atoms with Crippen LogP contribution in [0, 0.1) is 0 Å². The van der Waals surface area contributed by atoms with Crippen LogP contribution in [-0.2, 0) is 6.42 Å². The number of piperidine rings is 1. The van der Waals surface area contributed by atoms with Crippen molar-refractivity contribution >= 4 is 22.6 Å². The Kier molecular flexibility index (Phi) is 5.91. The molecule has 166 valence electrons. The van der Waals surface area contributed by atoms with Gasteiger partial charge in [0.25, 0.3) is 5.91 Å². The number of halogens is 3. The van der Waals surface area contributed by atoms with E-state index in [1.165, 1.54) is 6.07 Å². The number of alkyl halides is 3. The predicted octanol–water partition coefficient (Wildman–Crippen LogP) is 5.66. The summed E-state index contributed by atoms with van der Waals surface area (Å²) >= 11 is 0. The summed E-state index contributed by atoms with van der Waals surface area (Å²) in [5.41, 5.74) is 1.86. The number of fused-ring (bicyclic) bond motifs is 1. The van der Waals surface area contributed by atoms with Crippen molar-refractivity contribution in [2.45, 2.75) is 31.4 Å². The number of aromatic carboxylic acids is 1. The molecular weight excluding hydrogens is 419 g/mol. The van der Waals surface area contributed by atoms with Crippen molar-refractivity contribution in [3.8, 4) is 0 Å². The number of benzene rings is 3. The van der Waals surface area contributed by atoms with Gasteiger partial charge in [0, 0.05) is 18.7 Å². The van der Waals surface area contributed by atoms with Gasteiger partial charge in [0.2, 0.25) is 0 Å². The van der Waals surface area contributed by atoms with Gasteiger partial charge in [-0.3, -0.25) is 4.79 Å². The molecule has 1 N–H and O–H groups in total. The van der Waals surface area contributed by atoms with Crippen LogP contribution in [0.2, 0.25) is 0 Å². The van der Waals surface area contributed by atoms with E-state index in [2.05, 4.69) is 0 Å². The quantitative estimate of drug-likeness (QED) is 0.568. The number of carbonyl (C=O) groups is 2. The minimum absolute atomic E-state index is 0.160. The Balaban J connectivity index is 1.51. The third kappa shape index (κ3) is 4.61. The van der Waals surface area contributed by atoms with E-state index in [0.29, 0.717) is 29.4 Å².